The fraction of sp³-hybridized carbons (Fsp3) is 0.500. The van der Waals surface area contributed by atoms with Crippen molar-refractivity contribution in [3.63, 3.8) is 0 Å². The molecule has 0 radical (unpaired) electrons. The van der Waals surface area contributed by atoms with Crippen LogP contribution < -0.4 is 5.32 Å². The summed E-state index contributed by atoms with van der Waals surface area (Å²) in [5, 5.41) is 12.8. The number of benzene rings is 1. The molecule has 0 saturated heterocycles. The summed E-state index contributed by atoms with van der Waals surface area (Å²) < 4.78 is 0. The molecule has 1 aromatic carbocycles. The number of hydrogen-bond donors (Lipinski definition) is 2. The van der Waals surface area contributed by atoms with Crippen LogP contribution >= 0.6 is 0 Å². The van der Waals surface area contributed by atoms with Gasteiger partial charge in [0.15, 0.2) is 0 Å². The molecule has 1 aliphatic rings. The summed E-state index contributed by atoms with van der Waals surface area (Å²) in [6.07, 6.45) is 4.14. The van der Waals surface area contributed by atoms with E-state index in [1.165, 1.54) is 0 Å². The summed E-state index contributed by atoms with van der Waals surface area (Å²) in [6, 6.07) is 10.1. The van der Waals surface area contributed by atoms with E-state index in [2.05, 4.69) is 17.2 Å². The van der Waals surface area contributed by atoms with Crippen LogP contribution in [0.2, 0.25) is 0 Å². The zero-order chi connectivity index (χ0) is 12.6. The maximum absolute atomic E-state index is 9.42. The van der Waals surface area contributed by atoms with Gasteiger partial charge in [-0.15, -0.1) is 0 Å². The molecule has 2 nitrogen and oxygen atoms in total. The molecule has 0 heterocycles. The van der Waals surface area contributed by atoms with E-state index in [9.17, 15) is 5.11 Å². The zero-order valence-corrected chi connectivity index (χ0v) is 10.7. The van der Waals surface area contributed by atoms with E-state index in [1.54, 1.807) is 0 Å². The first-order chi connectivity index (χ1) is 8.84. The molecule has 1 aliphatic carbocycles. The lowest BCUT2D eigenvalue weighted by Crippen LogP contribution is -2.28. The predicted octanol–water partition coefficient (Wildman–Crippen LogP) is 2.18. The fourth-order valence-corrected chi connectivity index (χ4v) is 2.36. The van der Waals surface area contributed by atoms with Crippen molar-refractivity contribution in [2.24, 2.45) is 5.92 Å². The third-order valence-electron chi connectivity index (χ3n) is 3.47. The fourth-order valence-electron chi connectivity index (χ4n) is 2.36. The van der Waals surface area contributed by atoms with Crippen molar-refractivity contribution in [2.45, 2.75) is 31.8 Å². The number of aliphatic hydroxyl groups excluding tert-OH is 1. The number of nitrogens with one attached hydrogen (secondary N) is 1. The topological polar surface area (TPSA) is 32.3 Å². The smallest absolute Gasteiger partial charge is 0.0580 e. The average Bonchev–Trinajstić information content (AvgIpc) is 2.42. The average molecular weight is 243 g/mol. The third-order valence-corrected chi connectivity index (χ3v) is 3.47. The molecule has 0 unspecified atom stereocenters. The first-order valence-electron chi connectivity index (χ1n) is 6.77. The lowest BCUT2D eigenvalue weighted by molar-refractivity contribution is 0.108. The first kappa shape index (κ1) is 13.1. The highest BCUT2D eigenvalue weighted by atomic mass is 16.3. The molecule has 2 heteroatoms. The lowest BCUT2D eigenvalue weighted by Gasteiger charge is -2.25. The second-order valence-electron chi connectivity index (χ2n) is 4.97. The van der Waals surface area contributed by atoms with Gasteiger partial charge in [-0.05, 0) is 50.3 Å². The molecule has 1 fully saturated rings. The van der Waals surface area contributed by atoms with Crippen molar-refractivity contribution < 1.29 is 5.11 Å². The van der Waals surface area contributed by atoms with Crippen LogP contribution in [0.3, 0.4) is 0 Å². The summed E-state index contributed by atoms with van der Waals surface area (Å²) in [5.41, 5.74) is 1.07. The van der Waals surface area contributed by atoms with Crippen LogP contribution in [0.5, 0.6) is 0 Å². The minimum absolute atomic E-state index is 0.0564. The van der Waals surface area contributed by atoms with Crippen molar-refractivity contribution in [3.8, 4) is 11.8 Å². The van der Waals surface area contributed by atoms with Crippen LogP contribution in [0.4, 0.5) is 0 Å². The van der Waals surface area contributed by atoms with Gasteiger partial charge >= 0.3 is 0 Å². The molecule has 0 aromatic heterocycles. The largest absolute Gasteiger partial charge is 0.393 e. The van der Waals surface area contributed by atoms with E-state index in [0.29, 0.717) is 5.92 Å². The molecule has 0 aliphatic heterocycles. The summed E-state index contributed by atoms with van der Waals surface area (Å²) >= 11 is 0. The maximum Gasteiger partial charge on any atom is 0.0580 e. The molecule has 0 spiro atoms. The van der Waals surface area contributed by atoms with Crippen LogP contribution in [-0.2, 0) is 0 Å². The van der Waals surface area contributed by atoms with E-state index in [0.717, 1.165) is 44.3 Å². The molecule has 0 amide bonds. The molecule has 0 bridgehead atoms. The Kier molecular flexibility index (Phi) is 5.26. The van der Waals surface area contributed by atoms with Crippen LogP contribution in [0.15, 0.2) is 30.3 Å². The Labute approximate surface area is 109 Å². The van der Waals surface area contributed by atoms with Crippen LogP contribution in [0.25, 0.3) is 0 Å². The molecule has 1 aromatic rings. The summed E-state index contributed by atoms with van der Waals surface area (Å²) in [7, 11) is 0. The zero-order valence-electron chi connectivity index (χ0n) is 10.7. The van der Waals surface area contributed by atoms with E-state index >= 15 is 0 Å². The number of hydrogen-bond acceptors (Lipinski definition) is 2. The van der Waals surface area contributed by atoms with Crippen LogP contribution in [0, 0.1) is 17.8 Å². The highest BCUT2D eigenvalue weighted by Gasteiger charge is 2.18. The Bertz CT molecular complexity index is 396. The van der Waals surface area contributed by atoms with Gasteiger partial charge in [-0.1, -0.05) is 30.0 Å². The van der Waals surface area contributed by atoms with Crippen molar-refractivity contribution in [1.29, 1.82) is 0 Å². The minimum atomic E-state index is -0.0564. The monoisotopic (exact) mass is 243 g/mol. The number of aliphatic hydroxyl groups is 1. The molecule has 0 atom stereocenters. The third kappa shape index (κ3) is 4.52. The van der Waals surface area contributed by atoms with Crippen LogP contribution in [0.1, 0.15) is 31.2 Å². The van der Waals surface area contributed by atoms with Gasteiger partial charge in [0.2, 0.25) is 0 Å². The lowest BCUT2D eigenvalue weighted by atomic mass is 9.87. The highest BCUT2D eigenvalue weighted by molar-refractivity contribution is 5.33. The molecule has 2 N–H and O–H groups in total. The van der Waals surface area contributed by atoms with Gasteiger partial charge in [0, 0.05) is 5.56 Å². The van der Waals surface area contributed by atoms with E-state index < -0.39 is 0 Å². The van der Waals surface area contributed by atoms with Gasteiger partial charge in [0.25, 0.3) is 0 Å². The first-order valence-corrected chi connectivity index (χ1v) is 6.77. The second kappa shape index (κ2) is 7.20. The molecule has 18 heavy (non-hydrogen) atoms. The Balaban J connectivity index is 1.63. The SMILES string of the molecule is OC1CCC(CNCC#Cc2ccccc2)CC1. The van der Waals surface area contributed by atoms with Crippen molar-refractivity contribution in [2.75, 3.05) is 13.1 Å². The summed E-state index contributed by atoms with van der Waals surface area (Å²) in [6.45, 7) is 1.77. The standard InChI is InChI=1S/C16H21NO/c18-16-10-8-15(9-11-16)13-17-12-4-7-14-5-2-1-3-6-14/h1-3,5-6,15-18H,8-13H2. The van der Waals surface area contributed by atoms with Gasteiger partial charge in [-0.2, -0.15) is 0 Å². The number of rotatable bonds is 3. The van der Waals surface area contributed by atoms with Crippen LogP contribution in [-0.4, -0.2) is 24.3 Å². The quantitative estimate of drug-likeness (QED) is 0.630. The van der Waals surface area contributed by atoms with Crippen molar-refractivity contribution in [1.82, 2.24) is 5.32 Å². The molecule has 2 rings (SSSR count). The molecular weight excluding hydrogens is 222 g/mol. The Morgan fingerprint density at radius 3 is 2.56 bits per heavy atom. The Hall–Kier alpha value is -1.30. The van der Waals surface area contributed by atoms with E-state index in [4.69, 9.17) is 0 Å². The summed E-state index contributed by atoms with van der Waals surface area (Å²) in [5.74, 6) is 6.99. The van der Waals surface area contributed by atoms with E-state index in [-0.39, 0.29) is 6.10 Å². The van der Waals surface area contributed by atoms with E-state index in [1.807, 2.05) is 30.3 Å². The van der Waals surface area contributed by atoms with Crippen molar-refractivity contribution in [3.05, 3.63) is 35.9 Å². The molecule has 96 valence electrons. The van der Waals surface area contributed by atoms with Gasteiger partial charge in [-0.25, -0.2) is 0 Å². The Morgan fingerprint density at radius 2 is 1.83 bits per heavy atom. The van der Waals surface area contributed by atoms with Gasteiger partial charge in [0.1, 0.15) is 0 Å². The van der Waals surface area contributed by atoms with Crippen molar-refractivity contribution >= 4 is 0 Å². The summed E-state index contributed by atoms with van der Waals surface area (Å²) in [4.78, 5) is 0. The van der Waals surface area contributed by atoms with Gasteiger partial charge < -0.3 is 10.4 Å². The normalized spacial score (nSPS) is 23.2. The second-order valence-corrected chi connectivity index (χ2v) is 4.97. The molecule has 1 saturated carbocycles. The van der Waals surface area contributed by atoms with Gasteiger partial charge in [-0.3, -0.25) is 0 Å². The minimum Gasteiger partial charge on any atom is -0.393 e. The Morgan fingerprint density at radius 1 is 1.11 bits per heavy atom. The molecular formula is C16H21NO. The predicted molar refractivity (Wildman–Crippen MR) is 74.2 cm³/mol. The maximum atomic E-state index is 9.42. The highest BCUT2D eigenvalue weighted by Crippen LogP contribution is 2.23. The van der Waals surface area contributed by atoms with Gasteiger partial charge in [0.05, 0.1) is 12.6 Å².